The fourth-order valence-electron chi connectivity index (χ4n) is 1.17. The number of rotatable bonds is 2. The lowest BCUT2D eigenvalue weighted by molar-refractivity contribution is 0.422. The van der Waals surface area contributed by atoms with E-state index in [1.807, 2.05) is 6.07 Å². The second-order valence-electron chi connectivity index (χ2n) is 3.20. The minimum atomic E-state index is -0.282. The van der Waals surface area contributed by atoms with Gasteiger partial charge in [-0.2, -0.15) is 4.98 Å². The summed E-state index contributed by atoms with van der Waals surface area (Å²) in [5.41, 5.74) is 0.753. The van der Waals surface area contributed by atoms with Gasteiger partial charge in [0, 0.05) is 9.50 Å². The SMILES string of the molecule is CC(Cl)c1noc(-c2cc(Cl)ccc2Br)n1. The van der Waals surface area contributed by atoms with Crippen LogP contribution in [0, 0.1) is 0 Å². The van der Waals surface area contributed by atoms with E-state index in [1.54, 1.807) is 19.1 Å². The van der Waals surface area contributed by atoms with Crippen molar-refractivity contribution < 1.29 is 4.52 Å². The first-order valence-electron chi connectivity index (χ1n) is 4.51. The minimum Gasteiger partial charge on any atom is -0.334 e. The van der Waals surface area contributed by atoms with Crippen molar-refractivity contribution in [2.75, 3.05) is 0 Å². The largest absolute Gasteiger partial charge is 0.334 e. The van der Waals surface area contributed by atoms with Crippen molar-refractivity contribution in [2.45, 2.75) is 12.3 Å². The topological polar surface area (TPSA) is 38.9 Å². The molecule has 2 rings (SSSR count). The second kappa shape index (κ2) is 4.73. The molecule has 2 aromatic rings. The maximum Gasteiger partial charge on any atom is 0.259 e. The van der Waals surface area contributed by atoms with Crippen LogP contribution in [0.15, 0.2) is 27.2 Å². The predicted molar refractivity (Wildman–Crippen MR) is 66.7 cm³/mol. The second-order valence-corrected chi connectivity index (χ2v) is 5.14. The Hall–Kier alpha value is -0.580. The molecule has 3 nitrogen and oxygen atoms in total. The van der Waals surface area contributed by atoms with Crippen molar-refractivity contribution in [1.82, 2.24) is 10.1 Å². The molecule has 0 aliphatic rings. The molecule has 1 unspecified atom stereocenters. The molecule has 0 saturated heterocycles. The summed E-state index contributed by atoms with van der Waals surface area (Å²) in [7, 11) is 0. The average molecular weight is 322 g/mol. The number of nitrogens with zero attached hydrogens (tertiary/aromatic N) is 2. The van der Waals surface area contributed by atoms with Crippen LogP contribution in [0.1, 0.15) is 18.1 Å². The van der Waals surface area contributed by atoms with Crippen LogP contribution in [0.2, 0.25) is 5.02 Å². The van der Waals surface area contributed by atoms with Crippen LogP contribution in [0.5, 0.6) is 0 Å². The summed E-state index contributed by atoms with van der Waals surface area (Å²) in [5.74, 6) is 0.861. The van der Waals surface area contributed by atoms with Gasteiger partial charge in [0.15, 0.2) is 5.82 Å². The van der Waals surface area contributed by atoms with Crippen LogP contribution in [-0.2, 0) is 0 Å². The molecule has 1 aromatic carbocycles. The maximum absolute atomic E-state index is 5.90. The van der Waals surface area contributed by atoms with Gasteiger partial charge in [0.05, 0.1) is 10.9 Å². The van der Waals surface area contributed by atoms with Gasteiger partial charge < -0.3 is 4.52 Å². The molecule has 0 N–H and O–H groups in total. The maximum atomic E-state index is 5.90. The van der Waals surface area contributed by atoms with E-state index in [-0.39, 0.29) is 5.38 Å². The minimum absolute atomic E-state index is 0.282. The molecule has 1 aromatic heterocycles. The van der Waals surface area contributed by atoms with Crippen LogP contribution in [-0.4, -0.2) is 10.1 Å². The summed E-state index contributed by atoms with van der Waals surface area (Å²) in [6.07, 6.45) is 0. The first kappa shape index (κ1) is 11.9. The third kappa shape index (κ3) is 2.39. The summed E-state index contributed by atoms with van der Waals surface area (Å²) in [6, 6.07) is 5.35. The van der Waals surface area contributed by atoms with Crippen molar-refractivity contribution >= 4 is 39.1 Å². The summed E-state index contributed by atoms with van der Waals surface area (Å²) in [6.45, 7) is 1.78. The number of alkyl halides is 1. The average Bonchev–Trinajstić information content (AvgIpc) is 2.70. The van der Waals surface area contributed by atoms with Crippen LogP contribution in [0.3, 0.4) is 0 Å². The molecule has 0 radical (unpaired) electrons. The molecule has 0 fully saturated rings. The first-order valence-corrected chi connectivity index (χ1v) is 6.12. The van der Waals surface area contributed by atoms with Crippen LogP contribution in [0.4, 0.5) is 0 Å². The number of hydrogen-bond acceptors (Lipinski definition) is 3. The highest BCUT2D eigenvalue weighted by Gasteiger charge is 2.15. The lowest BCUT2D eigenvalue weighted by Crippen LogP contribution is -1.87. The van der Waals surface area contributed by atoms with Crippen LogP contribution in [0.25, 0.3) is 11.5 Å². The Morgan fingerprint density at radius 1 is 1.44 bits per heavy atom. The predicted octanol–water partition coefficient (Wildman–Crippen LogP) is 4.45. The number of benzene rings is 1. The summed E-state index contributed by atoms with van der Waals surface area (Å²) >= 11 is 15.1. The zero-order valence-corrected chi connectivity index (χ0v) is 11.3. The monoisotopic (exact) mass is 320 g/mol. The van der Waals surface area contributed by atoms with Gasteiger partial charge in [-0.1, -0.05) is 16.8 Å². The molecule has 16 heavy (non-hydrogen) atoms. The molecular weight excluding hydrogens is 315 g/mol. The van der Waals surface area contributed by atoms with Crippen molar-refractivity contribution in [2.24, 2.45) is 0 Å². The van der Waals surface area contributed by atoms with Gasteiger partial charge in [0.1, 0.15) is 0 Å². The molecule has 0 spiro atoms. The molecule has 0 amide bonds. The first-order chi connectivity index (χ1) is 7.58. The Morgan fingerprint density at radius 2 is 2.19 bits per heavy atom. The molecule has 0 bridgehead atoms. The van der Waals surface area contributed by atoms with Gasteiger partial charge in [-0.25, -0.2) is 0 Å². The van der Waals surface area contributed by atoms with E-state index in [0.29, 0.717) is 16.7 Å². The van der Waals surface area contributed by atoms with E-state index in [1.165, 1.54) is 0 Å². The highest BCUT2D eigenvalue weighted by Crippen LogP contribution is 2.30. The van der Waals surface area contributed by atoms with Gasteiger partial charge in [-0.05, 0) is 41.1 Å². The Morgan fingerprint density at radius 3 is 2.81 bits per heavy atom. The van der Waals surface area contributed by atoms with Gasteiger partial charge in [0.2, 0.25) is 0 Å². The van der Waals surface area contributed by atoms with Crippen molar-refractivity contribution in [3.8, 4) is 11.5 Å². The van der Waals surface area contributed by atoms with Crippen molar-refractivity contribution in [1.29, 1.82) is 0 Å². The fourth-order valence-corrected chi connectivity index (χ4v) is 1.84. The lowest BCUT2D eigenvalue weighted by atomic mass is 10.2. The number of halogens is 3. The third-order valence-corrected chi connectivity index (χ3v) is 3.08. The van der Waals surface area contributed by atoms with Crippen LogP contribution < -0.4 is 0 Å². The van der Waals surface area contributed by atoms with Gasteiger partial charge in [0.25, 0.3) is 5.89 Å². The molecule has 1 atom stereocenters. The molecule has 0 aliphatic carbocycles. The Labute approximate surface area is 111 Å². The van der Waals surface area contributed by atoms with Crippen molar-refractivity contribution in [3.05, 3.63) is 33.5 Å². The fraction of sp³-hybridized carbons (Fsp3) is 0.200. The Bertz CT molecular complexity index is 513. The van der Waals surface area contributed by atoms with E-state index in [0.717, 1.165) is 10.0 Å². The zero-order valence-electron chi connectivity index (χ0n) is 8.25. The van der Waals surface area contributed by atoms with E-state index < -0.39 is 0 Å². The molecule has 0 saturated carbocycles. The van der Waals surface area contributed by atoms with E-state index in [9.17, 15) is 0 Å². The third-order valence-electron chi connectivity index (χ3n) is 1.96. The summed E-state index contributed by atoms with van der Waals surface area (Å²) in [4.78, 5) is 4.18. The van der Waals surface area contributed by atoms with Gasteiger partial charge >= 0.3 is 0 Å². The summed E-state index contributed by atoms with van der Waals surface area (Å²) in [5, 5.41) is 4.11. The molecule has 1 heterocycles. The van der Waals surface area contributed by atoms with Crippen molar-refractivity contribution in [3.63, 3.8) is 0 Å². The van der Waals surface area contributed by atoms with E-state index in [4.69, 9.17) is 27.7 Å². The number of hydrogen-bond donors (Lipinski definition) is 0. The van der Waals surface area contributed by atoms with E-state index >= 15 is 0 Å². The normalized spacial score (nSPS) is 12.8. The van der Waals surface area contributed by atoms with Gasteiger partial charge in [-0.3, -0.25) is 0 Å². The van der Waals surface area contributed by atoms with E-state index in [2.05, 4.69) is 26.1 Å². The Balaban J connectivity index is 2.46. The smallest absolute Gasteiger partial charge is 0.259 e. The highest BCUT2D eigenvalue weighted by molar-refractivity contribution is 9.10. The lowest BCUT2D eigenvalue weighted by Gasteiger charge is -1.98. The number of aromatic nitrogens is 2. The van der Waals surface area contributed by atoms with Crippen LogP contribution >= 0.6 is 39.1 Å². The highest BCUT2D eigenvalue weighted by atomic mass is 79.9. The zero-order chi connectivity index (χ0) is 11.7. The Kier molecular flexibility index (Phi) is 3.52. The molecular formula is C10H7BrCl2N2O. The molecule has 6 heteroatoms. The summed E-state index contributed by atoms with van der Waals surface area (Å²) < 4.78 is 5.96. The van der Waals surface area contributed by atoms with Gasteiger partial charge in [-0.15, -0.1) is 11.6 Å². The standard InChI is InChI=1S/C10H7BrCl2N2O/c1-5(12)9-14-10(16-15-9)7-4-6(13)2-3-8(7)11/h2-5H,1H3. The molecule has 0 aliphatic heterocycles. The quantitative estimate of drug-likeness (QED) is 0.767. The molecule has 84 valence electrons.